The Morgan fingerprint density at radius 1 is 1.00 bits per heavy atom. The molecule has 0 spiro atoms. The maximum Gasteiger partial charge on any atom is 0.326 e. The fourth-order valence-corrected chi connectivity index (χ4v) is 3.03. The Kier molecular flexibility index (Phi) is 12.6. The average molecular weight is 499 g/mol. The molecule has 3 amide bonds. The normalized spacial score (nSPS) is 12.2. The first-order valence-electron chi connectivity index (χ1n) is 10.8. The molecule has 0 aliphatic carbocycles. The number of unbranched alkanes of at least 4 members (excludes halogenated alkanes) is 1. The fraction of sp³-hybridized carbons (Fsp3) is 0.500. The van der Waals surface area contributed by atoms with E-state index in [0.29, 0.717) is 24.2 Å². The van der Waals surface area contributed by atoms with Crippen molar-refractivity contribution >= 4 is 29.8 Å². The van der Waals surface area contributed by atoms with Gasteiger partial charge in [0.25, 0.3) is 5.91 Å². The Morgan fingerprint density at radius 2 is 1.66 bits per heavy atom. The van der Waals surface area contributed by atoms with Crippen LogP contribution >= 0.6 is 0 Å². The SMILES string of the molecule is CN(C(=O)NC(CCC(=O)O)C(=O)O)C(CCCCNC(=O)c1ccc(OCCF)cc1)C(=O)O. The molecule has 0 saturated heterocycles. The molecule has 13 heteroatoms. The Morgan fingerprint density at radius 3 is 2.20 bits per heavy atom. The van der Waals surface area contributed by atoms with Gasteiger partial charge < -0.3 is 35.6 Å². The van der Waals surface area contributed by atoms with E-state index < -0.39 is 49.1 Å². The van der Waals surface area contributed by atoms with Crippen LogP contribution in [0.2, 0.25) is 0 Å². The molecular formula is C22H30FN3O9. The Labute approximate surface area is 201 Å². The van der Waals surface area contributed by atoms with Crippen molar-refractivity contribution in [1.29, 1.82) is 0 Å². The molecule has 2 atom stereocenters. The van der Waals surface area contributed by atoms with E-state index in [2.05, 4.69) is 10.6 Å². The summed E-state index contributed by atoms with van der Waals surface area (Å²) in [7, 11) is 1.20. The molecule has 1 aromatic carbocycles. The number of nitrogens with one attached hydrogen (secondary N) is 2. The quantitative estimate of drug-likeness (QED) is 0.210. The number of hydrogen-bond acceptors (Lipinski definition) is 6. The van der Waals surface area contributed by atoms with Crippen LogP contribution in [0, 0.1) is 0 Å². The zero-order valence-corrected chi connectivity index (χ0v) is 19.2. The van der Waals surface area contributed by atoms with Gasteiger partial charge >= 0.3 is 23.9 Å². The van der Waals surface area contributed by atoms with E-state index in [1.807, 2.05) is 0 Å². The summed E-state index contributed by atoms with van der Waals surface area (Å²) in [5.74, 6) is -3.87. The number of ether oxygens (including phenoxy) is 1. The largest absolute Gasteiger partial charge is 0.491 e. The number of halogens is 1. The van der Waals surface area contributed by atoms with E-state index in [1.165, 1.54) is 19.2 Å². The average Bonchev–Trinajstić information content (AvgIpc) is 2.81. The lowest BCUT2D eigenvalue weighted by Gasteiger charge is -2.26. The third-order valence-electron chi connectivity index (χ3n) is 4.97. The third kappa shape index (κ3) is 10.7. The number of nitrogens with zero attached hydrogens (tertiary/aromatic N) is 1. The molecule has 194 valence electrons. The summed E-state index contributed by atoms with van der Waals surface area (Å²) in [4.78, 5) is 58.8. The maximum absolute atomic E-state index is 12.3. The minimum atomic E-state index is -1.48. The number of likely N-dealkylation sites (N-methyl/N-ethyl adjacent to an activating group) is 1. The summed E-state index contributed by atoms with van der Waals surface area (Å²) in [5.41, 5.74) is 0.369. The topological polar surface area (TPSA) is 183 Å². The number of carboxylic acid groups (broad SMARTS) is 3. The van der Waals surface area contributed by atoms with Gasteiger partial charge in [0.05, 0.1) is 0 Å². The zero-order valence-electron chi connectivity index (χ0n) is 19.2. The van der Waals surface area contributed by atoms with Crippen LogP contribution < -0.4 is 15.4 Å². The molecule has 2 unspecified atom stereocenters. The Hall–Kier alpha value is -3.90. The Balaban J connectivity index is 2.50. The van der Waals surface area contributed by atoms with Crippen molar-refractivity contribution in [2.45, 2.75) is 44.2 Å². The summed E-state index contributed by atoms with van der Waals surface area (Å²) in [5, 5.41) is 32.1. The van der Waals surface area contributed by atoms with Crippen molar-refractivity contribution in [2.24, 2.45) is 0 Å². The second-order valence-electron chi connectivity index (χ2n) is 7.55. The molecule has 0 bridgehead atoms. The third-order valence-corrected chi connectivity index (χ3v) is 4.97. The van der Waals surface area contributed by atoms with Gasteiger partial charge in [-0.1, -0.05) is 0 Å². The second kappa shape index (κ2) is 15.1. The van der Waals surface area contributed by atoms with Gasteiger partial charge in [-0.2, -0.15) is 0 Å². The fourth-order valence-electron chi connectivity index (χ4n) is 3.03. The molecule has 1 rings (SSSR count). The number of rotatable bonds is 16. The van der Waals surface area contributed by atoms with Crippen LogP contribution in [-0.4, -0.2) is 89.0 Å². The molecule has 35 heavy (non-hydrogen) atoms. The molecule has 0 aromatic heterocycles. The van der Waals surface area contributed by atoms with Gasteiger partial charge in [0.1, 0.15) is 31.1 Å². The molecule has 0 radical (unpaired) electrons. The van der Waals surface area contributed by atoms with Gasteiger partial charge in [0, 0.05) is 25.6 Å². The van der Waals surface area contributed by atoms with Gasteiger partial charge in [0.2, 0.25) is 0 Å². The highest BCUT2D eigenvalue weighted by Crippen LogP contribution is 2.13. The summed E-state index contributed by atoms with van der Waals surface area (Å²) in [6.45, 7) is -0.455. The highest BCUT2D eigenvalue weighted by molar-refractivity contribution is 5.94. The molecule has 0 fully saturated rings. The first-order valence-corrected chi connectivity index (χ1v) is 10.8. The predicted octanol–water partition coefficient (Wildman–Crippen LogP) is 1.35. The van der Waals surface area contributed by atoms with Crippen LogP contribution in [0.5, 0.6) is 5.75 Å². The number of alkyl halides is 1. The van der Waals surface area contributed by atoms with Crippen molar-refractivity contribution in [1.82, 2.24) is 15.5 Å². The summed E-state index contributed by atoms with van der Waals surface area (Å²) < 4.78 is 17.2. The van der Waals surface area contributed by atoms with Crippen molar-refractivity contribution in [2.75, 3.05) is 26.9 Å². The molecule has 0 aliphatic heterocycles. The number of amides is 3. The van der Waals surface area contributed by atoms with Gasteiger partial charge in [-0.3, -0.25) is 9.59 Å². The van der Waals surface area contributed by atoms with Crippen molar-refractivity contribution in [3.63, 3.8) is 0 Å². The maximum atomic E-state index is 12.3. The van der Waals surface area contributed by atoms with E-state index in [9.17, 15) is 33.5 Å². The molecule has 1 aromatic rings. The summed E-state index contributed by atoms with van der Waals surface area (Å²) in [6, 6.07) is 2.45. The lowest BCUT2D eigenvalue weighted by molar-refractivity contribution is -0.142. The van der Waals surface area contributed by atoms with Crippen molar-refractivity contribution in [3.8, 4) is 5.75 Å². The molecule has 0 heterocycles. The van der Waals surface area contributed by atoms with Crippen LogP contribution in [0.1, 0.15) is 42.5 Å². The lowest BCUT2D eigenvalue weighted by Crippen LogP contribution is -2.52. The zero-order chi connectivity index (χ0) is 26.4. The minimum Gasteiger partial charge on any atom is -0.491 e. The first kappa shape index (κ1) is 29.1. The molecule has 0 saturated carbocycles. The standard InChI is InChI=1S/C22H30FN3O9/c1-26(22(34)25-16(20(30)31)9-10-18(27)28)17(21(32)33)4-2-3-12-24-19(29)14-5-7-15(8-6-14)35-13-11-23/h5-8,16-17H,2-4,9-13H2,1H3,(H,24,29)(H,25,34)(H,27,28)(H,30,31)(H,32,33). The first-order chi connectivity index (χ1) is 16.6. The van der Waals surface area contributed by atoms with Crippen LogP contribution in [0.4, 0.5) is 9.18 Å². The van der Waals surface area contributed by atoms with Crippen molar-refractivity contribution < 1.29 is 48.4 Å². The number of urea groups is 1. The summed E-state index contributed by atoms with van der Waals surface area (Å²) in [6.07, 6.45) is -0.0327. The van der Waals surface area contributed by atoms with Gasteiger partial charge in [-0.25, -0.2) is 18.8 Å². The summed E-state index contributed by atoms with van der Waals surface area (Å²) >= 11 is 0. The van der Waals surface area contributed by atoms with Gasteiger partial charge in [-0.15, -0.1) is 0 Å². The van der Waals surface area contributed by atoms with Crippen LogP contribution in [0.15, 0.2) is 24.3 Å². The number of carboxylic acids is 3. The smallest absolute Gasteiger partial charge is 0.326 e. The number of benzene rings is 1. The van der Waals surface area contributed by atoms with Gasteiger partial charge in [0.15, 0.2) is 0 Å². The van der Waals surface area contributed by atoms with Crippen LogP contribution in [0.3, 0.4) is 0 Å². The lowest BCUT2D eigenvalue weighted by atomic mass is 10.1. The predicted molar refractivity (Wildman–Crippen MR) is 120 cm³/mol. The molecular weight excluding hydrogens is 469 g/mol. The number of carbonyl (C=O) groups excluding carboxylic acids is 2. The van der Waals surface area contributed by atoms with E-state index in [4.69, 9.17) is 14.9 Å². The molecule has 12 nitrogen and oxygen atoms in total. The van der Waals surface area contributed by atoms with E-state index in [-0.39, 0.29) is 31.9 Å². The van der Waals surface area contributed by atoms with Gasteiger partial charge in [-0.05, 0) is 49.9 Å². The van der Waals surface area contributed by atoms with Crippen molar-refractivity contribution in [3.05, 3.63) is 29.8 Å². The van der Waals surface area contributed by atoms with E-state index >= 15 is 0 Å². The van der Waals surface area contributed by atoms with E-state index in [0.717, 1.165) is 4.90 Å². The minimum absolute atomic E-state index is 0.0442. The highest BCUT2D eigenvalue weighted by atomic mass is 19.1. The number of hydrogen-bond donors (Lipinski definition) is 5. The number of carbonyl (C=O) groups is 5. The highest BCUT2D eigenvalue weighted by Gasteiger charge is 2.29. The second-order valence-corrected chi connectivity index (χ2v) is 7.55. The Bertz CT molecular complexity index is 879. The van der Waals surface area contributed by atoms with E-state index in [1.54, 1.807) is 12.1 Å². The monoisotopic (exact) mass is 499 g/mol. The van der Waals surface area contributed by atoms with Crippen LogP contribution in [0.25, 0.3) is 0 Å². The number of aliphatic carboxylic acids is 3. The molecule has 5 N–H and O–H groups in total. The van der Waals surface area contributed by atoms with Crippen LogP contribution in [-0.2, 0) is 14.4 Å². The molecule has 0 aliphatic rings.